The van der Waals surface area contributed by atoms with Gasteiger partial charge in [-0.15, -0.1) is 0 Å². The summed E-state index contributed by atoms with van der Waals surface area (Å²) < 4.78 is 7.58. The van der Waals surface area contributed by atoms with Crippen molar-refractivity contribution in [2.24, 2.45) is 5.92 Å². The number of carbonyl (C=O) groups is 1. The van der Waals surface area contributed by atoms with Gasteiger partial charge >= 0.3 is 11.7 Å². The van der Waals surface area contributed by atoms with Crippen molar-refractivity contribution in [3.05, 3.63) is 62.4 Å². The quantitative estimate of drug-likeness (QED) is 0.906. The minimum Gasteiger partial charge on any atom is -0.477 e. The molecule has 1 aromatic carbocycles. The third kappa shape index (κ3) is 3.56. The van der Waals surface area contributed by atoms with Crippen LogP contribution in [0.5, 0.6) is 0 Å². The second kappa shape index (κ2) is 7.06. The molecule has 0 radical (unpaired) electrons. The number of hydrogen-bond acceptors (Lipinski definition) is 4. The van der Waals surface area contributed by atoms with Crippen LogP contribution >= 0.6 is 0 Å². The fourth-order valence-corrected chi connectivity index (χ4v) is 3.01. The normalized spacial score (nSPS) is 15.2. The van der Waals surface area contributed by atoms with Crippen molar-refractivity contribution in [2.75, 3.05) is 13.2 Å². The van der Waals surface area contributed by atoms with Gasteiger partial charge in [-0.2, -0.15) is 0 Å². The molecule has 3 rings (SSSR count). The Labute approximate surface area is 144 Å². The molecule has 0 spiro atoms. The number of carboxylic acids is 1. The van der Waals surface area contributed by atoms with Gasteiger partial charge in [-0.05, 0) is 37.8 Å². The van der Waals surface area contributed by atoms with Crippen molar-refractivity contribution in [3.63, 3.8) is 0 Å². The summed E-state index contributed by atoms with van der Waals surface area (Å²) in [6.45, 7) is 3.52. The molecule has 1 aliphatic rings. The summed E-state index contributed by atoms with van der Waals surface area (Å²) >= 11 is 0. The van der Waals surface area contributed by atoms with Crippen LogP contribution in [-0.2, 0) is 11.3 Å². The predicted octanol–water partition coefficient (Wildman–Crippen LogP) is 1.43. The molecule has 25 heavy (non-hydrogen) atoms. The van der Waals surface area contributed by atoms with Crippen molar-refractivity contribution >= 4 is 5.97 Å². The summed E-state index contributed by atoms with van der Waals surface area (Å²) in [5.74, 6) is -1.12. The van der Waals surface area contributed by atoms with Crippen molar-refractivity contribution in [3.8, 4) is 5.69 Å². The molecule has 1 aliphatic heterocycles. The van der Waals surface area contributed by atoms with Gasteiger partial charge in [0.15, 0.2) is 0 Å². The Morgan fingerprint density at radius 2 is 1.84 bits per heavy atom. The lowest BCUT2D eigenvalue weighted by molar-refractivity contribution is 0.0603. The lowest BCUT2D eigenvalue weighted by Crippen LogP contribution is -2.42. The van der Waals surface area contributed by atoms with E-state index in [0.717, 1.165) is 29.2 Å². The van der Waals surface area contributed by atoms with E-state index in [0.29, 0.717) is 25.4 Å². The molecular formula is C18H20N2O5. The molecule has 0 aliphatic carbocycles. The molecule has 7 heteroatoms. The molecule has 1 aromatic heterocycles. The fourth-order valence-electron chi connectivity index (χ4n) is 3.01. The molecule has 2 heterocycles. The number of aryl methyl sites for hydroxylation is 1. The highest BCUT2D eigenvalue weighted by Crippen LogP contribution is 2.16. The van der Waals surface area contributed by atoms with Gasteiger partial charge in [0.05, 0.1) is 5.69 Å². The van der Waals surface area contributed by atoms with Crippen LogP contribution in [-0.4, -0.2) is 33.4 Å². The van der Waals surface area contributed by atoms with Gasteiger partial charge < -0.3 is 9.84 Å². The van der Waals surface area contributed by atoms with Gasteiger partial charge in [-0.3, -0.25) is 9.36 Å². The van der Waals surface area contributed by atoms with Crippen molar-refractivity contribution in [1.29, 1.82) is 0 Å². The number of ether oxygens (including phenoxy) is 1. The number of benzene rings is 1. The first-order valence-corrected chi connectivity index (χ1v) is 8.22. The molecule has 1 N–H and O–H groups in total. The van der Waals surface area contributed by atoms with E-state index in [9.17, 15) is 19.5 Å². The summed E-state index contributed by atoms with van der Waals surface area (Å²) in [5, 5.41) is 9.35. The smallest absolute Gasteiger partial charge is 0.342 e. The van der Waals surface area contributed by atoms with E-state index in [4.69, 9.17) is 4.74 Å². The first kappa shape index (κ1) is 17.2. The SMILES string of the molecule is Cc1ccc(-n2c(=O)c(C(=O)O)cn(CC3CCOCC3)c2=O)cc1. The zero-order chi connectivity index (χ0) is 18.0. The fraction of sp³-hybridized carbons (Fsp3) is 0.389. The van der Waals surface area contributed by atoms with E-state index in [2.05, 4.69) is 0 Å². The number of nitrogens with zero attached hydrogens (tertiary/aromatic N) is 2. The van der Waals surface area contributed by atoms with Gasteiger partial charge in [0, 0.05) is 26.0 Å². The molecule has 0 unspecified atom stereocenters. The van der Waals surface area contributed by atoms with Crippen LogP contribution < -0.4 is 11.2 Å². The molecular weight excluding hydrogens is 324 g/mol. The van der Waals surface area contributed by atoms with Crippen LogP contribution in [0.4, 0.5) is 0 Å². The third-order valence-corrected chi connectivity index (χ3v) is 4.47. The molecule has 0 atom stereocenters. The second-order valence-electron chi connectivity index (χ2n) is 6.31. The zero-order valence-corrected chi connectivity index (χ0v) is 14.0. The zero-order valence-electron chi connectivity index (χ0n) is 14.0. The minimum atomic E-state index is -1.34. The largest absolute Gasteiger partial charge is 0.477 e. The van der Waals surface area contributed by atoms with Crippen molar-refractivity contribution in [2.45, 2.75) is 26.3 Å². The number of aromatic nitrogens is 2. The monoisotopic (exact) mass is 344 g/mol. The van der Waals surface area contributed by atoms with Gasteiger partial charge in [0.1, 0.15) is 5.56 Å². The summed E-state index contributed by atoms with van der Waals surface area (Å²) in [6.07, 6.45) is 2.77. The third-order valence-electron chi connectivity index (χ3n) is 4.47. The first-order chi connectivity index (χ1) is 12.0. The maximum absolute atomic E-state index is 12.8. The standard InChI is InChI=1S/C18H20N2O5/c1-12-2-4-14(5-3-12)20-16(21)15(17(22)23)11-19(18(20)24)10-13-6-8-25-9-7-13/h2-5,11,13H,6-10H2,1H3,(H,22,23). The van der Waals surface area contributed by atoms with Gasteiger partial charge in [-0.25, -0.2) is 14.2 Å². The predicted molar refractivity (Wildman–Crippen MR) is 91.5 cm³/mol. The Bertz CT molecular complexity index is 889. The average molecular weight is 344 g/mol. The number of aromatic carboxylic acids is 1. The molecule has 1 saturated heterocycles. The molecule has 0 saturated carbocycles. The summed E-state index contributed by atoms with van der Waals surface area (Å²) in [4.78, 5) is 36.8. The molecule has 1 fully saturated rings. The topological polar surface area (TPSA) is 90.5 Å². The van der Waals surface area contributed by atoms with Gasteiger partial charge in [0.25, 0.3) is 5.56 Å². The van der Waals surface area contributed by atoms with Crippen LogP contribution in [0.2, 0.25) is 0 Å². The lowest BCUT2D eigenvalue weighted by Gasteiger charge is -2.23. The highest BCUT2D eigenvalue weighted by molar-refractivity contribution is 5.86. The van der Waals surface area contributed by atoms with E-state index in [-0.39, 0.29) is 5.92 Å². The Morgan fingerprint density at radius 3 is 2.44 bits per heavy atom. The Kier molecular flexibility index (Phi) is 4.85. The van der Waals surface area contributed by atoms with Gasteiger partial charge in [-0.1, -0.05) is 17.7 Å². The van der Waals surface area contributed by atoms with Crippen LogP contribution in [0.15, 0.2) is 40.1 Å². The first-order valence-electron chi connectivity index (χ1n) is 8.22. The van der Waals surface area contributed by atoms with E-state index < -0.39 is 22.8 Å². The van der Waals surface area contributed by atoms with Gasteiger partial charge in [0.2, 0.25) is 0 Å². The minimum absolute atomic E-state index is 0.220. The highest BCUT2D eigenvalue weighted by Gasteiger charge is 2.21. The van der Waals surface area contributed by atoms with E-state index in [1.807, 2.05) is 6.92 Å². The molecule has 2 aromatic rings. The average Bonchev–Trinajstić information content (AvgIpc) is 2.60. The maximum atomic E-state index is 12.8. The van der Waals surface area contributed by atoms with E-state index >= 15 is 0 Å². The van der Waals surface area contributed by atoms with E-state index in [1.54, 1.807) is 24.3 Å². The lowest BCUT2D eigenvalue weighted by atomic mass is 10.0. The van der Waals surface area contributed by atoms with Crippen LogP contribution in [0.25, 0.3) is 5.69 Å². The van der Waals surface area contributed by atoms with Crippen LogP contribution in [0.1, 0.15) is 28.8 Å². The second-order valence-corrected chi connectivity index (χ2v) is 6.31. The Morgan fingerprint density at radius 1 is 1.20 bits per heavy atom. The molecule has 0 amide bonds. The molecule has 132 valence electrons. The number of hydrogen-bond donors (Lipinski definition) is 1. The summed E-state index contributed by atoms with van der Waals surface area (Å²) in [6, 6.07) is 6.83. The summed E-state index contributed by atoms with van der Waals surface area (Å²) in [5.41, 5.74) is -0.402. The van der Waals surface area contributed by atoms with Crippen LogP contribution in [0.3, 0.4) is 0 Å². The Hall–Kier alpha value is -2.67. The molecule has 7 nitrogen and oxygen atoms in total. The van der Waals surface area contributed by atoms with E-state index in [1.165, 1.54) is 4.57 Å². The highest BCUT2D eigenvalue weighted by atomic mass is 16.5. The number of rotatable bonds is 4. The van der Waals surface area contributed by atoms with Crippen molar-refractivity contribution < 1.29 is 14.6 Å². The van der Waals surface area contributed by atoms with Crippen molar-refractivity contribution in [1.82, 2.24) is 9.13 Å². The summed E-state index contributed by atoms with van der Waals surface area (Å²) in [7, 11) is 0. The maximum Gasteiger partial charge on any atom is 0.342 e. The number of carboxylic acid groups (broad SMARTS) is 1. The molecule has 0 bridgehead atoms. The Balaban J connectivity index is 2.12. The van der Waals surface area contributed by atoms with Crippen LogP contribution in [0, 0.1) is 12.8 Å².